The summed E-state index contributed by atoms with van der Waals surface area (Å²) < 4.78 is 38.2. The standard InChI is InChI=1S/C11H5Cl2F3N2O2/c12-6-3-5(11(14,15)16)1-2-8(6)18-10(20)9(19)7(13)4-17-18/h1-4,19H. The molecule has 1 N–H and O–H groups in total. The van der Waals surface area contributed by atoms with Gasteiger partial charge in [-0.3, -0.25) is 4.79 Å². The number of rotatable bonds is 1. The van der Waals surface area contributed by atoms with Crippen molar-refractivity contribution >= 4 is 23.2 Å². The monoisotopic (exact) mass is 324 g/mol. The second-order valence-electron chi connectivity index (χ2n) is 3.72. The molecule has 1 aromatic heterocycles. The summed E-state index contributed by atoms with van der Waals surface area (Å²) in [5.74, 6) is -0.766. The number of halogens is 5. The zero-order valence-corrected chi connectivity index (χ0v) is 11.0. The number of aromatic nitrogens is 2. The van der Waals surface area contributed by atoms with E-state index in [0.717, 1.165) is 18.3 Å². The van der Waals surface area contributed by atoms with Gasteiger partial charge in [0.05, 0.1) is 22.5 Å². The van der Waals surface area contributed by atoms with E-state index in [1.807, 2.05) is 0 Å². The van der Waals surface area contributed by atoms with Crippen molar-refractivity contribution in [3.63, 3.8) is 0 Å². The summed E-state index contributed by atoms with van der Waals surface area (Å²) in [6.45, 7) is 0. The van der Waals surface area contributed by atoms with Gasteiger partial charge < -0.3 is 5.11 Å². The van der Waals surface area contributed by atoms with Crippen molar-refractivity contribution in [1.29, 1.82) is 0 Å². The van der Waals surface area contributed by atoms with Gasteiger partial charge in [-0.15, -0.1) is 0 Å². The highest BCUT2D eigenvalue weighted by Gasteiger charge is 2.31. The van der Waals surface area contributed by atoms with Crippen LogP contribution in [0.4, 0.5) is 13.2 Å². The van der Waals surface area contributed by atoms with Crippen molar-refractivity contribution in [3.05, 3.63) is 50.4 Å². The Balaban J connectivity index is 2.61. The molecule has 20 heavy (non-hydrogen) atoms. The molecule has 0 unspecified atom stereocenters. The van der Waals surface area contributed by atoms with Crippen LogP contribution in [0.2, 0.25) is 10.0 Å². The minimum atomic E-state index is -4.55. The average molecular weight is 325 g/mol. The molecule has 0 radical (unpaired) electrons. The maximum Gasteiger partial charge on any atom is 0.416 e. The van der Waals surface area contributed by atoms with Crippen LogP contribution in [0.25, 0.3) is 5.69 Å². The van der Waals surface area contributed by atoms with Gasteiger partial charge >= 0.3 is 11.7 Å². The number of benzene rings is 1. The fourth-order valence-corrected chi connectivity index (χ4v) is 1.84. The first kappa shape index (κ1) is 14.7. The third-order valence-electron chi connectivity index (χ3n) is 2.41. The number of alkyl halides is 3. The summed E-state index contributed by atoms with van der Waals surface area (Å²) in [4.78, 5) is 11.7. The first-order valence-corrected chi connectivity index (χ1v) is 5.81. The van der Waals surface area contributed by atoms with E-state index in [1.54, 1.807) is 0 Å². The highest BCUT2D eigenvalue weighted by atomic mass is 35.5. The van der Waals surface area contributed by atoms with Crippen LogP contribution in [-0.2, 0) is 6.18 Å². The summed E-state index contributed by atoms with van der Waals surface area (Å²) in [6, 6.07) is 2.39. The molecule has 9 heteroatoms. The molecule has 0 aliphatic carbocycles. The molecule has 0 bridgehead atoms. The fourth-order valence-electron chi connectivity index (χ4n) is 1.45. The van der Waals surface area contributed by atoms with Crippen LogP contribution < -0.4 is 5.56 Å². The molecular weight excluding hydrogens is 320 g/mol. The molecule has 106 valence electrons. The maximum absolute atomic E-state index is 12.5. The van der Waals surface area contributed by atoms with Crippen LogP contribution in [-0.4, -0.2) is 14.9 Å². The van der Waals surface area contributed by atoms with Gasteiger partial charge in [-0.1, -0.05) is 23.2 Å². The summed E-state index contributed by atoms with van der Waals surface area (Å²) in [5, 5.41) is 12.4. The molecule has 0 fully saturated rings. The zero-order chi connectivity index (χ0) is 15.1. The molecule has 1 aromatic carbocycles. The highest BCUT2D eigenvalue weighted by Crippen LogP contribution is 2.32. The number of aromatic hydroxyl groups is 1. The number of hydrogen-bond acceptors (Lipinski definition) is 3. The van der Waals surface area contributed by atoms with E-state index >= 15 is 0 Å². The fraction of sp³-hybridized carbons (Fsp3) is 0.0909. The molecule has 4 nitrogen and oxygen atoms in total. The van der Waals surface area contributed by atoms with E-state index in [-0.39, 0.29) is 15.7 Å². The lowest BCUT2D eigenvalue weighted by atomic mass is 10.2. The SMILES string of the molecule is O=c1c(O)c(Cl)cnn1-c1ccc(C(F)(F)F)cc1Cl. The molecular formula is C11H5Cl2F3N2O2. The van der Waals surface area contributed by atoms with Gasteiger partial charge in [0.2, 0.25) is 5.75 Å². The van der Waals surface area contributed by atoms with Gasteiger partial charge in [0.25, 0.3) is 0 Å². The van der Waals surface area contributed by atoms with E-state index in [9.17, 15) is 23.1 Å². The molecule has 0 aliphatic rings. The van der Waals surface area contributed by atoms with Crippen molar-refractivity contribution in [2.75, 3.05) is 0 Å². The Labute approximate surface area is 120 Å². The molecule has 1 heterocycles. The van der Waals surface area contributed by atoms with Crippen LogP contribution >= 0.6 is 23.2 Å². The Bertz CT molecular complexity index is 729. The van der Waals surface area contributed by atoms with E-state index in [4.69, 9.17) is 23.2 Å². The summed E-state index contributed by atoms with van der Waals surface area (Å²) in [5.41, 5.74) is -2.05. The highest BCUT2D eigenvalue weighted by molar-refractivity contribution is 6.32. The van der Waals surface area contributed by atoms with Gasteiger partial charge in [0.1, 0.15) is 5.02 Å². The first-order valence-electron chi connectivity index (χ1n) is 5.05. The Hall–Kier alpha value is -1.73. The van der Waals surface area contributed by atoms with Crippen LogP contribution in [0.3, 0.4) is 0 Å². The number of hydrogen-bond donors (Lipinski definition) is 1. The lowest BCUT2D eigenvalue weighted by molar-refractivity contribution is -0.137. The lowest BCUT2D eigenvalue weighted by Gasteiger charge is -2.11. The van der Waals surface area contributed by atoms with Crippen molar-refractivity contribution in [2.45, 2.75) is 6.18 Å². The molecule has 0 saturated heterocycles. The van der Waals surface area contributed by atoms with E-state index in [0.29, 0.717) is 10.7 Å². The second kappa shape index (κ2) is 4.99. The second-order valence-corrected chi connectivity index (χ2v) is 4.54. The molecule has 2 aromatic rings. The Morgan fingerprint density at radius 1 is 1.20 bits per heavy atom. The number of nitrogens with zero attached hydrogens (tertiary/aromatic N) is 2. The van der Waals surface area contributed by atoms with Crippen molar-refractivity contribution in [2.24, 2.45) is 0 Å². The van der Waals surface area contributed by atoms with E-state index in [2.05, 4.69) is 5.10 Å². The predicted molar refractivity (Wildman–Crippen MR) is 66.5 cm³/mol. The third kappa shape index (κ3) is 2.59. The molecule has 0 aliphatic heterocycles. The summed E-state index contributed by atoms with van der Waals surface area (Å²) >= 11 is 11.2. The zero-order valence-electron chi connectivity index (χ0n) is 9.45. The van der Waals surface area contributed by atoms with Crippen LogP contribution in [0.1, 0.15) is 5.56 Å². The molecule has 0 amide bonds. The third-order valence-corrected chi connectivity index (χ3v) is 2.99. The van der Waals surface area contributed by atoms with E-state index < -0.39 is 23.0 Å². The molecule has 0 atom stereocenters. The summed E-state index contributed by atoms with van der Waals surface area (Å²) in [6.07, 6.45) is -3.57. The predicted octanol–water partition coefficient (Wildman–Crippen LogP) is 3.26. The van der Waals surface area contributed by atoms with Crippen molar-refractivity contribution < 1.29 is 18.3 Å². The normalized spacial score (nSPS) is 11.7. The van der Waals surface area contributed by atoms with Crippen LogP contribution in [0, 0.1) is 0 Å². The largest absolute Gasteiger partial charge is 0.502 e. The minimum absolute atomic E-state index is 0.100. The van der Waals surface area contributed by atoms with E-state index in [1.165, 1.54) is 0 Å². The summed E-state index contributed by atoms with van der Waals surface area (Å²) in [7, 11) is 0. The quantitative estimate of drug-likeness (QED) is 0.876. The maximum atomic E-state index is 12.5. The van der Waals surface area contributed by atoms with Gasteiger partial charge in [0.15, 0.2) is 0 Å². The molecule has 0 spiro atoms. The Morgan fingerprint density at radius 3 is 2.40 bits per heavy atom. The molecule has 2 rings (SSSR count). The average Bonchev–Trinajstić information content (AvgIpc) is 2.36. The van der Waals surface area contributed by atoms with Gasteiger partial charge in [-0.2, -0.15) is 23.0 Å². The topological polar surface area (TPSA) is 55.1 Å². The Kier molecular flexibility index (Phi) is 3.66. The first-order chi connectivity index (χ1) is 9.21. The minimum Gasteiger partial charge on any atom is -0.502 e. The Morgan fingerprint density at radius 2 is 1.85 bits per heavy atom. The van der Waals surface area contributed by atoms with Crippen LogP contribution in [0.15, 0.2) is 29.2 Å². The van der Waals surface area contributed by atoms with Crippen molar-refractivity contribution in [1.82, 2.24) is 9.78 Å². The smallest absolute Gasteiger partial charge is 0.416 e. The van der Waals surface area contributed by atoms with Gasteiger partial charge in [-0.05, 0) is 18.2 Å². The van der Waals surface area contributed by atoms with Crippen LogP contribution in [0.5, 0.6) is 5.75 Å². The van der Waals surface area contributed by atoms with Crippen molar-refractivity contribution in [3.8, 4) is 11.4 Å². The lowest BCUT2D eigenvalue weighted by Crippen LogP contribution is -2.21. The van der Waals surface area contributed by atoms with Gasteiger partial charge in [-0.25, -0.2) is 0 Å². The molecule has 0 saturated carbocycles. The van der Waals surface area contributed by atoms with Gasteiger partial charge in [0, 0.05) is 0 Å².